The van der Waals surface area contributed by atoms with E-state index in [1.807, 2.05) is 6.07 Å². The van der Waals surface area contributed by atoms with Gasteiger partial charge in [0.15, 0.2) is 11.4 Å². The zero-order valence-corrected chi connectivity index (χ0v) is 16.1. The lowest BCUT2D eigenvalue weighted by molar-refractivity contribution is -0.136. The molecule has 1 N–H and O–H groups in total. The number of hydrogen-bond acceptors (Lipinski definition) is 7. The minimum absolute atomic E-state index is 0.0619. The predicted octanol–water partition coefficient (Wildman–Crippen LogP) is 1.22. The quantitative estimate of drug-likeness (QED) is 0.593. The maximum Gasteiger partial charge on any atom is 0.351 e. The predicted molar refractivity (Wildman–Crippen MR) is 104 cm³/mol. The Morgan fingerprint density at radius 3 is 2.70 bits per heavy atom. The van der Waals surface area contributed by atoms with Gasteiger partial charge in [-0.25, -0.2) is 4.79 Å². The van der Waals surface area contributed by atoms with Crippen molar-refractivity contribution in [3.63, 3.8) is 0 Å². The van der Waals surface area contributed by atoms with E-state index in [4.69, 9.17) is 4.74 Å². The van der Waals surface area contributed by atoms with Crippen LogP contribution in [0.1, 0.15) is 31.1 Å². The van der Waals surface area contributed by atoms with Crippen molar-refractivity contribution in [2.45, 2.75) is 27.3 Å². The van der Waals surface area contributed by atoms with Crippen molar-refractivity contribution in [2.75, 3.05) is 11.9 Å². The van der Waals surface area contributed by atoms with Crippen molar-refractivity contribution in [1.29, 1.82) is 5.26 Å². The van der Waals surface area contributed by atoms with Gasteiger partial charge in [0.2, 0.25) is 0 Å². The van der Waals surface area contributed by atoms with E-state index in [0.29, 0.717) is 22.3 Å². The van der Waals surface area contributed by atoms with Gasteiger partial charge in [0.05, 0.1) is 6.61 Å². The molecule has 0 saturated carbocycles. The largest absolute Gasteiger partial charge is 0.462 e. The lowest BCUT2D eigenvalue weighted by atomic mass is 10.1. The number of ketones is 1. The average molecular weight is 385 g/mol. The van der Waals surface area contributed by atoms with E-state index >= 15 is 0 Å². The van der Waals surface area contributed by atoms with Gasteiger partial charge in [-0.1, -0.05) is 12.1 Å². The van der Waals surface area contributed by atoms with Gasteiger partial charge in [-0.15, -0.1) is 11.3 Å². The molecule has 0 spiro atoms. The number of ether oxygens (including phenoxy) is 1. The van der Waals surface area contributed by atoms with E-state index in [0.717, 1.165) is 11.3 Å². The summed E-state index contributed by atoms with van der Waals surface area (Å²) in [5, 5.41) is 12.3. The third kappa shape index (κ3) is 4.51. The minimum Gasteiger partial charge on any atom is -0.462 e. The highest BCUT2D eigenvalue weighted by Crippen LogP contribution is 2.10. The number of nitriles is 1. The van der Waals surface area contributed by atoms with Gasteiger partial charge < -0.3 is 10.1 Å². The van der Waals surface area contributed by atoms with E-state index in [1.165, 1.54) is 17.7 Å². The second-order valence-corrected chi connectivity index (χ2v) is 6.48. The van der Waals surface area contributed by atoms with Crippen LogP contribution in [0.25, 0.3) is 11.8 Å². The minimum atomic E-state index is -0.753. The van der Waals surface area contributed by atoms with Gasteiger partial charge >= 0.3 is 5.97 Å². The molecule has 7 nitrogen and oxygen atoms in total. The molecule has 1 aromatic carbocycles. The molecule has 0 unspecified atom stereocenters. The standard InChI is InChI=1S/C19H19N3O4S/c1-4-22-17(24)16(27-18(22)15(10-20)19(25)26-5-2)11-21-14-8-6-7-13(9-14)12(3)23/h6-9,11,21H,4-5H2,1-3H3. The monoisotopic (exact) mass is 385 g/mol. The summed E-state index contributed by atoms with van der Waals surface area (Å²) in [4.78, 5) is 36.1. The van der Waals surface area contributed by atoms with Gasteiger partial charge in [-0.05, 0) is 32.9 Å². The molecular weight excluding hydrogens is 366 g/mol. The molecule has 2 aromatic rings. The number of hydrogen-bond donors (Lipinski definition) is 1. The molecule has 0 atom stereocenters. The molecule has 1 aromatic heterocycles. The molecular formula is C19H19N3O4S. The van der Waals surface area contributed by atoms with Gasteiger partial charge in [-0.3, -0.25) is 14.2 Å². The third-order valence-electron chi connectivity index (χ3n) is 3.67. The molecule has 1 heterocycles. The molecule has 0 aliphatic heterocycles. The number of benzene rings is 1. The number of nitrogens with zero attached hydrogens (tertiary/aromatic N) is 2. The van der Waals surface area contributed by atoms with Gasteiger partial charge in [0.1, 0.15) is 15.3 Å². The maximum absolute atomic E-state index is 12.6. The summed E-state index contributed by atoms with van der Waals surface area (Å²) >= 11 is 1.03. The van der Waals surface area contributed by atoms with E-state index in [-0.39, 0.29) is 28.2 Å². The Labute approximate surface area is 159 Å². The Hall–Kier alpha value is -3.18. The molecule has 2 rings (SSSR count). The molecule has 0 amide bonds. The van der Waals surface area contributed by atoms with Crippen LogP contribution in [0, 0.1) is 11.3 Å². The number of anilines is 1. The van der Waals surface area contributed by atoms with E-state index in [1.54, 1.807) is 38.1 Å². The molecule has 0 fully saturated rings. The molecule has 8 heteroatoms. The zero-order valence-electron chi connectivity index (χ0n) is 15.2. The van der Waals surface area contributed by atoms with Gasteiger partial charge in [-0.2, -0.15) is 5.26 Å². The number of carbonyl (C=O) groups is 2. The first-order valence-corrected chi connectivity index (χ1v) is 9.13. The SMILES string of the molecule is CCOC(=O)C(C#N)=c1sc(=CNc2cccc(C(C)=O)c2)c(=O)n1CC. The second kappa shape index (κ2) is 8.96. The number of carbonyl (C=O) groups excluding carboxylic acids is 2. The van der Waals surface area contributed by atoms with Crippen LogP contribution in [0.4, 0.5) is 5.69 Å². The first-order valence-electron chi connectivity index (χ1n) is 8.31. The molecule has 27 heavy (non-hydrogen) atoms. The number of rotatable bonds is 6. The maximum atomic E-state index is 12.6. The van der Waals surface area contributed by atoms with Crippen LogP contribution in [0.5, 0.6) is 0 Å². The first-order chi connectivity index (χ1) is 12.9. The van der Waals surface area contributed by atoms with Crippen LogP contribution >= 0.6 is 11.3 Å². The lowest BCUT2D eigenvalue weighted by Gasteiger charge is -2.01. The lowest BCUT2D eigenvalue weighted by Crippen LogP contribution is -2.32. The Bertz CT molecular complexity index is 1090. The van der Waals surface area contributed by atoms with Crippen LogP contribution in [-0.2, 0) is 16.1 Å². The van der Waals surface area contributed by atoms with Crippen LogP contribution in [-0.4, -0.2) is 22.9 Å². The van der Waals surface area contributed by atoms with E-state index in [2.05, 4.69) is 5.32 Å². The van der Waals surface area contributed by atoms with Crippen molar-refractivity contribution in [3.05, 3.63) is 49.4 Å². The highest BCUT2D eigenvalue weighted by molar-refractivity contribution is 7.07. The Morgan fingerprint density at radius 1 is 1.37 bits per heavy atom. The zero-order chi connectivity index (χ0) is 20.0. The molecule has 0 radical (unpaired) electrons. The van der Waals surface area contributed by atoms with Crippen LogP contribution in [0.15, 0.2) is 29.1 Å². The van der Waals surface area contributed by atoms with Crippen molar-refractivity contribution >= 4 is 40.5 Å². The number of Topliss-reactive ketones (excluding diaryl/α,β-unsaturated/α-hetero) is 1. The second-order valence-electron chi connectivity index (χ2n) is 5.45. The van der Waals surface area contributed by atoms with Crippen LogP contribution in [0.2, 0.25) is 0 Å². The fraction of sp³-hybridized carbons (Fsp3) is 0.263. The molecule has 140 valence electrons. The summed E-state index contributed by atoms with van der Waals surface area (Å²) in [5.74, 6) is -0.815. The Balaban J connectivity index is 2.55. The summed E-state index contributed by atoms with van der Waals surface area (Å²) in [6.07, 6.45) is 1.50. The molecule has 0 saturated heterocycles. The highest BCUT2D eigenvalue weighted by Gasteiger charge is 2.16. The normalized spacial score (nSPS) is 12.3. The number of nitrogens with one attached hydrogen (secondary N) is 1. The van der Waals surface area contributed by atoms with Gasteiger partial charge in [0.25, 0.3) is 5.56 Å². The van der Waals surface area contributed by atoms with Crippen molar-refractivity contribution in [1.82, 2.24) is 4.57 Å². The molecule has 0 aliphatic carbocycles. The fourth-order valence-corrected chi connectivity index (χ4v) is 3.43. The molecule has 0 aliphatic rings. The summed E-state index contributed by atoms with van der Waals surface area (Å²) in [6, 6.07) is 8.71. The summed E-state index contributed by atoms with van der Waals surface area (Å²) in [5.41, 5.74) is 0.687. The smallest absolute Gasteiger partial charge is 0.351 e. The summed E-state index contributed by atoms with van der Waals surface area (Å²) in [6.45, 7) is 5.32. The number of thiazole rings is 1. The van der Waals surface area contributed by atoms with Crippen LogP contribution in [0.3, 0.4) is 0 Å². The van der Waals surface area contributed by atoms with Gasteiger partial charge in [0, 0.05) is 24.0 Å². The number of esters is 1. The summed E-state index contributed by atoms with van der Waals surface area (Å²) < 4.78 is 6.85. The Kier molecular flexibility index (Phi) is 6.68. The third-order valence-corrected chi connectivity index (χ3v) is 4.80. The van der Waals surface area contributed by atoms with E-state index in [9.17, 15) is 19.6 Å². The topological polar surface area (TPSA) is 101 Å². The fourth-order valence-electron chi connectivity index (χ4n) is 2.35. The number of aromatic nitrogens is 1. The molecule has 0 bridgehead atoms. The van der Waals surface area contributed by atoms with Crippen molar-refractivity contribution in [2.24, 2.45) is 0 Å². The van der Waals surface area contributed by atoms with Crippen molar-refractivity contribution < 1.29 is 14.3 Å². The van der Waals surface area contributed by atoms with Crippen molar-refractivity contribution in [3.8, 4) is 6.07 Å². The Morgan fingerprint density at radius 2 is 2.11 bits per heavy atom. The average Bonchev–Trinajstić information content (AvgIpc) is 2.96. The van der Waals surface area contributed by atoms with Crippen LogP contribution < -0.4 is 20.1 Å². The van der Waals surface area contributed by atoms with E-state index < -0.39 is 5.97 Å². The summed E-state index contributed by atoms with van der Waals surface area (Å²) in [7, 11) is 0. The highest BCUT2D eigenvalue weighted by atomic mass is 32.1. The first kappa shape index (κ1) is 20.1.